The lowest BCUT2D eigenvalue weighted by Gasteiger charge is -2.56. The second kappa shape index (κ2) is 9.22. The van der Waals surface area contributed by atoms with Crippen molar-refractivity contribution in [1.82, 2.24) is 0 Å². The summed E-state index contributed by atoms with van der Waals surface area (Å²) in [6.07, 6.45) is 25.5. The minimum Gasteiger partial charge on any atom is -0.396 e. The zero-order valence-corrected chi connectivity index (χ0v) is 22.9. The molecule has 0 saturated heterocycles. The summed E-state index contributed by atoms with van der Waals surface area (Å²) in [7, 11) is 0. The van der Waals surface area contributed by atoms with Crippen molar-refractivity contribution in [3.8, 4) is 0 Å². The maximum absolute atomic E-state index is 9.43. The summed E-state index contributed by atoms with van der Waals surface area (Å²) in [6, 6.07) is 0. The van der Waals surface area contributed by atoms with Gasteiger partial charge in [-0.15, -0.1) is 0 Å². The molecule has 12 rings (SSSR count). The quantitative estimate of drug-likeness (QED) is 0.412. The van der Waals surface area contributed by atoms with E-state index >= 15 is 0 Å². The van der Waals surface area contributed by atoms with E-state index in [1.807, 2.05) is 0 Å². The predicted octanol–water partition coefficient (Wildman–Crippen LogP) is 6.59. The van der Waals surface area contributed by atoms with Gasteiger partial charge in [-0.25, -0.2) is 0 Å². The minimum atomic E-state index is 0.398. The van der Waals surface area contributed by atoms with Crippen LogP contribution in [-0.2, 0) is 0 Å². The predicted molar refractivity (Wildman–Crippen MR) is 143 cm³/mol. The molecule has 204 valence electrons. The van der Waals surface area contributed by atoms with E-state index in [2.05, 4.69) is 0 Å². The Kier molecular flexibility index (Phi) is 6.38. The summed E-state index contributed by atoms with van der Waals surface area (Å²) in [5, 5.41) is 28.3. The monoisotopic (exact) mass is 498 g/mol. The average molecular weight is 499 g/mol. The first-order valence-electron chi connectivity index (χ1n) is 16.2. The van der Waals surface area contributed by atoms with Crippen molar-refractivity contribution in [3.63, 3.8) is 0 Å². The molecule has 12 aliphatic rings. The molecular weight excluding hydrogens is 444 g/mol. The lowest BCUT2D eigenvalue weighted by Crippen LogP contribution is -2.47. The number of aliphatic hydroxyl groups excluding tert-OH is 3. The van der Waals surface area contributed by atoms with Crippen LogP contribution in [0.25, 0.3) is 0 Å². The van der Waals surface area contributed by atoms with Crippen molar-refractivity contribution in [2.45, 2.75) is 116 Å². The van der Waals surface area contributed by atoms with Gasteiger partial charge in [0, 0.05) is 19.8 Å². The normalized spacial score (nSPS) is 56.2. The molecule has 0 aromatic carbocycles. The third kappa shape index (κ3) is 4.53. The Hall–Kier alpha value is -0.120. The highest BCUT2D eigenvalue weighted by molar-refractivity contribution is 5.03. The fraction of sp³-hybridized carbons (Fsp3) is 1.00. The molecule has 0 amide bonds. The molecular formula is C33H54O3. The van der Waals surface area contributed by atoms with Gasteiger partial charge in [-0.2, -0.15) is 0 Å². The van der Waals surface area contributed by atoms with E-state index in [0.29, 0.717) is 36.1 Å². The summed E-state index contributed by atoms with van der Waals surface area (Å²) >= 11 is 0. The van der Waals surface area contributed by atoms with Crippen LogP contribution in [0.5, 0.6) is 0 Å². The van der Waals surface area contributed by atoms with Crippen molar-refractivity contribution < 1.29 is 15.3 Å². The molecule has 12 aliphatic carbocycles. The summed E-state index contributed by atoms with van der Waals surface area (Å²) in [4.78, 5) is 0. The van der Waals surface area contributed by atoms with Crippen molar-refractivity contribution in [2.24, 2.45) is 69.5 Å². The number of aliphatic hydroxyl groups is 3. The fourth-order valence-corrected chi connectivity index (χ4v) is 13.5. The first-order valence-corrected chi connectivity index (χ1v) is 16.2. The second-order valence-corrected chi connectivity index (χ2v) is 16.7. The van der Waals surface area contributed by atoms with Crippen molar-refractivity contribution in [2.75, 3.05) is 19.8 Å². The van der Waals surface area contributed by atoms with E-state index in [1.165, 1.54) is 116 Å². The Labute approximate surface area is 220 Å². The summed E-state index contributed by atoms with van der Waals surface area (Å²) in [6.45, 7) is 1.41. The van der Waals surface area contributed by atoms with Crippen molar-refractivity contribution >= 4 is 0 Å². The molecule has 0 aromatic rings. The standard InChI is InChI=1S/3C11H18O/c3*12-7-11-4-8-1-9(5-11)3-10(2-8)6-11/h3*8-10,12H,1-7H2. The summed E-state index contributed by atoms with van der Waals surface area (Å²) in [5.41, 5.74) is 1.19. The molecule has 0 aliphatic heterocycles. The lowest BCUT2D eigenvalue weighted by atomic mass is 9.50. The van der Waals surface area contributed by atoms with Crippen LogP contribution < -0.4 is 0 Å². The van der Waals surface area contributed by atoms with Gasteiger partial charge in [-0.05, 0) is 185 Å². The van der Waals surface area contributed by atoms with Gasteiger partial charge in [0.25, 0.3) is 0 Å². The van der Waals surface area contributed by atoms with Crippen molar-refractivity contribution in [3.05, 3.63) is 0 Å². The van der Waals surface area contributed by atoms with Gasteiger partial charge in [0.05, 0.1) is 0 Å². The first kappa shape index (κ1) is 24.9. The summed E-state index contributed by atoms with van der Waals surface area (Å²) in [5.74, 6) is 8.90. The van der Waals surface area contributed by atoms with Gasteiger partial charge >= 0.3 is 0 Å². The van der Waals surface area contributed by atoms with E-state index in [1.54, 1.807) is 0 Å². The molecule has 0 heterocycles. The zero-order chi connectivity index (χ0) is 24.5. The van der Waals surface area contributed by atoms with Gasteiger partial charge in [0.2, 0.25) is 0 Å². The molecule has 0 radical (unpaired) electrons. The van der Waals surface area contributed by atoms with Crippen molar-refractivity contribution in [1.29, 1.82) is 0 Å². The number of rotatable bonds is 3. The Morgan fingerprint density at radius 2 is 0.444 bits per heavy atom. The largest absolute Gasteiger partial charge is 0.396 e. The third-order valence-corrected chi connectivity index (χ3v) is 13.5. The zero-order valence-electron chi connectivity index (χ0n) is 22.9. The highest BCUT2D eigenvalue weighted by Crippen LogP contribution is 2.61. The molecule has 3 heteroatoms. The molecule has 3 N–H and O–H groups in total. The highest BCUT2D eigenvalue weighted by atomic mass is 16.3. The molecule has 3 nitrogen and oxygen atoms in total. The van der Waals surface area contributed by atoms with Crippen LogP contribution in [0.3, 0.4) is 0 Å². The van der Waals surface area contributed by atoms with Gasteiger partial charge in [0.15, 0.2) is 0 Å². The molecule has 12 saturated carbocycles. The van der Waals surface area contributed by atoms with E-state index < -0.39 is 0 Å². The Morgan fingerprint density at radius 1 is 0.306 bits per heavy atom. The third-order valence-electron chi connectivity index (χ3n) is 13.5. The van der Waals surface area contributed by atoms with Crippen LogP contribution in [0.1, 0.15) is 116 Å². The van der Waals surface area contributed by atoms with E-state index in [9.17, 15) is 15.3 Å². The molecule has 0 aromatic heterocycles. The maximum Gasteiger partial charge on any atom is 0.0487 e. The Balaban J connectivity index is 0.0000000919. The van der Waals surface area contributed by atoms with Crippen LogP contribution >= 0.6 is 0 Å². The maximum atomic E-state index is 9.43. The second-order valence-electron chi connectivity index (χ2n) is 16.7. The molecule has 0 spiro atoms. The van der Waals surface area contributed by atoms with Crippen LogP contribution in [-0.4, -0.2) is 35.1 Å². The van der Waals surface area contributed by atoms with E-state index in [0.717, 1.165) is 53.3 Å². The topological polar surface area (TPSA) is 60.7 Å². The number of hydrogen-bond acceptors (Lipinski definition) is 3. The van der Waals surface area contributed by atoms with E-state index in [-0.39, 0.29) is 0 Å². The van der Waals surface area contributed by atoms with Crippen LogP contribution in [0, 0.1) is 69.5 Å². The smallest absolute Gasteiger partial charge is 0.0487 e. The van der Waals surface area contributed by atoms with Gasteiger partial charge in [-0.1, -0.05) is 0 Å². The fourth-order valence-electron chi connectivity index (χ4n) is 13.5. The molecule has 36 heavy (non-hydrogen) atoms. The van der Waals surface area contributed by atoms with Crippen LogP contribution in [0.4, 0.5) is 0 Å². The van der Waals surface area contributed by atoms with Crippen LogP contribution in [0.15, 0.2) is 0 Å². The number of hydrogen-bond donors (Lipinski definition) is 3. The Bertz CT molecular complexity index is 590. The molecule has 0 atom stereocenters. The minimum absolute atomic E-state index is 0.398. The average Bonchev–Trinajstić information content (AvgIpc) is 2.83. The molecule has 12 fully saturated rings. The lowest BCUT2D eigenvalue weighted by molar-refractivity contribution is -0.0798. The van der Waals surface area contributed by atoms with Gasteiger partial charge in [-0.3, -0.25) is 0 Å². The van der Waals surface area contributed by atoms with Crippen LogP contribution in [0.2, 0.25) is 0 Å². The summed E-state index contributed by atoms with van der Waals surface area (Å²) < 4.78 is 0. The van der Waals surface area contributed by atoms with E-state index in [4.69, 9.17) is 0 Å². The Morgan fingerprint density at radius 3 is 0.556 bits per heavy atom. The van der Waals surface area contributed by atoms with Gasteiger partial charge in [0.1, 0.15) is 0 Å². The SMILES string of the molecule is OCC12CC3CC(CC(C3)C1)C2.OCC12CC3CC(CC(C3)C1)C2.OCC12CC3CC(CC(C3)C1)C2. The highest BCUT2D eigenvalue weighted by Gasteiger charge is 2.52. The van der Waals surface area contributed by atoms with Gasteiger partial charge < -0.3 is 15.3 Å². The molecule has 12 bridgehead atoms. The molecule has 0 unspecified atom stereocenters. The first-order chi connectivity index (χ1) is 17.4.